The third kappa shape index (κ3) is 3.72. The maximum absolute atomic E-state index is 12.4. The fourth-order valence-corrected chi connectivity index (χ4v) is 4.99. The van der Waals surface area contributed by atoms with Crippen molar-refractivity contribution in [2.75, 3.05) is 5.75 Å². The number of carbonyl (C=O) groups is 1. The molecular formula is C18H13BrN4O4S2. The lowest BCUT2D eigenvalue weighted by Gasteiger charge is -2.19. The highest BCUT2D eigenvalue weighted by Crippen LogP contribution is 2.31. The van der Waals surface area contributed by atoms with Crippen molar-refractivity contribution < 1.29 is 17.6 Å². The zero-order chi connectivity index (χ0) is 20.8. The van der Waals surface area contributed by atoms with Gasteiger partial charge in [-0.25, -0.2) is 8.42 Å². The van der Waals surface area contributed by atoms with Crippen LogP contribution in [0.25, 0.3) is 17.4 Å². The van der Waals surface area contributed by atoms with Crippen LogP contribution in [0.2, 0.25) is 0 Å². The van der Waals surface area contributed by atoms with Gasteiger partial charge in [0.25, 0.3) is 5.91 Å². The molecule has 1 amide bonds. The molecule has 1 aromatic carbocycles. The minimum absolute atomic E-state index is 0.0371. The molecule has 0 bridgehead atoms. The smallest absolute Gasteiger partial charge is 0.283 e. The molecular weight excluding hydrogens is 480 g/mol. The van der Waals surface area contributed by atoms with Crippen LogP contribution in [0.4, 0.5) is 0 Å². The molecule has 2 aromatic rings. The molecule has 2 aliphatic heterocycles. The Labute approximate surface area is 178 Å². The number of fused-ring (bicyclic) bond motifs is 1. The van der Waals surface area contributed by atoms with Crippen molar-refractivity contribution in [2.24, 2.45) is 10.1 Å². The molecule has 0 radical (unpaired) electrons. The van der Waals surface area contributed by atoms with Crippen molar-refractivity contribution in [1.29, 1.82) is 5.41 Å². The van der Waals surface area contributed by atoms with Crippen molar-refractivity contribution in [3.8, 4) is 11.3 Å². The van der Waals surface area contributed by atoms with Gasteiger partial charge in [-0.1, -0.05) is 35.0 Å². The third-order valence-corrected chi connectivity index (χ3v) is 7.74. The summed E-state index contributed by atoms with van der Waals surface area (Å²) < 4.78 is 30.6. The summed E-state index contributed by atoms with van der Waals surface area (Å²) in [7, 11) is -3.56. The molecule has 0 aliphatic carbocycles. The molecule has 0 unspecified atom stereocenters. The van der Waals surface area contributed by atoms with Gasteiger partial charge in [0.15, 0.2) is 5.84 Å². The summed E-state index contributed by atoms with van der Waals surface area (Å²) in [5, 5.41) is 13.4. The van der Waals surface area contributed by atoms with Crippen LogP contribution < -0.4 is 0 Å². The molecule has 2 aliphatic rings. The molecule has 8 nitrogen and oxygen atoms in total. The minimum atomic E-state index is -3.56. The van der Waals surface area contributed by atoms with E-state index in [4.69, 9.17) is 9.83 Å². The first-order chi connectivity index (χ1) is 13.8. The fourth-order valence-electron chi connectivity index (χ4n) is 2.57. The molecule has 0 spiro atoms. The number of benzene rings is 1. The number of rotatable bonds is 3. The number of hydrazone groups is 1. The van der Waals surface area contributed by atoms with E-state index in [-0.39, 0.29) is 26.7 Å². The zero-order valence-corrected chi connectivity index (χ0v) is 18.1. The summed E-state index contributed by atoms with van der Waals surface area (Å²) in [6.07, 6.45) is 1.40. The number of hydrogen-bond donors (Lipinski definition) is 1. The van der Waals surface area contributed by atoms with Gasteiger partial charge in [0, 0.05) is 10.0 Å². The van der Waals surface area contributed by atoms with Crippen LogP contribution in [-0.2, 0) is 14.6 Å². The Morgan fingerprint density at radius 3 is 2.66 bits per heavy atom. The predicted octanol–water partition coefficient (Wildman–Crippen LogP) is 3.72. The van der Waals surface area contributed by atoms with Gasteiger partial charge in [-0.2, -0.15) is 10.0 Å². The lowest BCUT2D eigenvalue weighted by molar-refractivity contribution is -0.114. The quantitative estimate of drug-likeness (QED) is 0.652. The molecule has 29 heavy (non-hydrogen) atoms. The van der Waals surface area contributed by atoms with Crippen LogP contribution >= 0.6 is 27.7 Å². The first-order valence-electron chi connectivity index (χ1n) is 8.37. The highest BCUT2D eigenvalue weighted by atomic mass is 79.9. The summed E-state index contributed by atoms with van der Waals surface area (Å²) in [6, 6.07) is 11.0. The Morgan fingerprint density at radius 1 is 1.24 bits per heavy atom. The molecule has 11 heteroatoms. The van der Waals surface area contributed by atoms with E-state index in [0.717, 1.165) is 26.8 Å². The second kappa shape index (κ2) is 7.39. The molecule has 4 rings (SSSR count). The fraction of sp³-hybridized carbons (Fsp3) is 0.111. The number of carbonyl (C=O) groups excluding carboxylic acids is 1. The molecule has 148 valence electrons. The Bertz CT molecular complexity index is 1230. The number of halogens is 1. The highest BCUT2D eigenvalue weighted by molar-refractivity contribution is 9.10. The largest absolute Gasteiger partial charge is 0.457 e. The van der Waals surface area contributed by atoms with Crippen LogP contribution in [-0.4, -0.2) is 40.5 Å². The number of nitrogens with one attached hydrogen (secondary N) is 1. The molecule has 1 N–H and O–H groups in total. The van der Waals surface area contributed by atoms with Gasteiger partial charge >= 0.3 is 0 Å². The second-order valence-electron chi connectivity index (χ2n) is 6.00. The van der Waals surface area contributed by atoms with Crippen molar-refractivity contribution in [1.82, 2.24) is 5.01 Å². The normalized spacial score (nSPS) is 18.1. The van der Waals surface area contributed by atoms with E-state index in [2.05, 4.69) is 26.0 Å². The minimum Gasteiger partial charge on any atom is -0.457 e. The second-order valence-corrected chi connectivity index (χ2v) is 10.3. The van der Waals surface area contributed by atoms with E-state index in [9.17, 15) is 13.2 Å². The topological polar surface area (TPSA) is 116 Å². The zero-order valence-electron chi connectivity index (χ0n) is 14.9. The van der Waals surface area contributed by atoms with Crippen molar-refractivity contribution in [3.05, 3.63) is 52.2 Å². The van der Waals surface area contributed by atoms with Gasteiger partial charge in [-0.05, 0) is 42.1 Å². The maximum Gasteiger partial charge on any atom is 0.283 e. The molecule has 0 fully saturated rings. The molecule has 0 saturated heterocycles. The number of furan rings is 1. The molecule has 0 saturated carbocycles. The summed E-state index contributed by atoms with van der Waals surface area (Å²) >= 11 is 4.14. The van der Waals surface area contributed by atoms with Crippen molar-refractivity contribution in [3.63, 3.8) is 0 Å². The number of amides is 1. The van der Waals surface area contributed by atoms with Gasteiger partial charge < -0.3 is 4.42 Å². The van der Waals surface area contributed by atoms with Crippen LogP contribution in [0.5, 0.6) is 0 Å². The van der Waals surface area contributed by atoms with E-state index >= 15 is 0 Å². The predicted molar refractivity (Wildman–Crippen MR) is 116 cm³/mol. The van der Waals surface area contributed by atoms with E-state index in [1.54, 1.807) is 12.1 Å². The lowest BCUT2D eigenvalue weighted by Crippen LogP contribution is -2.35. The number of amidine groups is 2. The Balaban J connectivity index is 1.65. The summed E-state index contributed by atoms with van der Waals surface area (Å²) in [5.74, 6) is -0.0628. The van der Waals surface area contributed by atoms with Crippen LogP contribution in [0.1, 0.15) is 12.7 Å². The SMILES string of the molecule is CCS(=O)(=O)C1=NN2C(=N)/C(=C\c3ccc(-c4ccc(Br)cc4)o3)C(=O)N=C2S1. The first kappa shape index (κ1) is 19.8. The number of sulfone groups is 1. The molecule has 0 atom stereocenters. The number of aliphatic imine (C=N–C) groups is 1. The van der Waals surface area contributed by atoms with Gasteiger partial charge in [0.05, 0.1) is 11.3 Å². The third-order valence-electron chi connectivity index (χ3n) is 4.12. The Kier molecular flexibility index (Phi) is 5.05. The van der Waals surface area contributed by atoms with E-state index in [0.29, 0.717) is 11.5 Å². The number of thioether (sulfide) groups is 1. The van der Waals surface area contributed by atoms with Crippen molar-refractivity contribution in [2.45, 2.75) is 6.92 Å². The summed E-state index contributed by atoms with van der Waals surface area (Å²) in [5.41, 5.74) is 0.822. The van der Waals surface area contributed by atoms with Gasteiger partial charge in [0.1, 0.15) is 11.5 Å². The highest BCUT2D eigenvalue weighted by Gasteiger charge is 2.39. The monoisotopic (exact) mass is 492 g/mol. The maximum atomic E-state index is 12.4. The van der Waals surface area contributed by atoms with Gasteiger partial charge in [0.2, 0.25) is 19.4 Å². The van der Waals surface area contributed by atoms with Crippen LogP contribution in [0.3, 0.4) is 0 Å². The average Bonchev–Trinajstić information content (AvgIpc) is 3.33. The standard InChI is InChI=1S/C18H13BrN4O4S2/c1-2-29(25,26)18-22-23-15(20)13(16(24)21-17(23)28-18)9-12-7-8-14(27-12)10-3-5-11(19)6-4-10/h3-9,20H,2H2,1H3/b13-9+,20-15?. The van der Waals surface area contributed by atoms with Gasteiger partial charge in [-0.15, -0.1) is 5.10 Å². The van der Waals surface area contributed by atoms with Crippen LogP contribution in [0, 0.1) is 5.41 Å². The Morgan fingerprint density at radius 2 is 1.97 bits per heavy atom. The van der Waals surface area contributed by atoms with Crippen LogP contribution in [0.15, 0.2) is 61.0 Å². The van der Waals surface area contributed by atoms with E-state index < -0.39 is 15.7 Å². The Hall–Kier alpha value is -2.50. The molecule has 3 heterocycles. The van der Waals surface area contributed by atoms with Crippen molar-refractivity contribution >= 4 is 64.9 Å². The number of nitrogens with zero attached hydrogens (tertiary/aromatic N) is 3. The number of hydrogen-bond acceptors (Lipinski definition) is 7. The summed E-state index contributed by atoms with van der Waals surface area (Å²) in [4.78, 5) is 16.3. The first-order valence-corrected chi connectivity index (χ1v) is 11.6. The van der Waals surface area contributed by atoms with E-state index in [1.165, 1.54) is 13.0 Å². The lowest BCUT2D eigenvalue weighted by atomic mass is 10.1. The van der Waals surface area contributed by atoms with E-state index in [1.807, 2.05) is 24.3 Å². The van der Waals surface area contributed by atoms with Gasteiger partial charge in [-0.3, -0.25) is 10.2 Å². The summed E-state index contributed by atoms with van der Waals surface area (Å²) in [6.45, 7) is 1.50. The average molecular weight is 493 g/mol. The molecule has 1 aromatic heterocycles.